The van der Waals surface area contributed by atoms with Crippen molar-refractivity contribution in [1.82, 2.24) is 10.3 Å². The van der Waals surface area contributed by atoms with Crippen molar-refractivity contribution in [1.29, 1.82) is 0 Å². The fourth-order valence-electron chi connectivity index (χ4n) is 3.15. The van der Waals surface area contributed by atoms with Crippen LogP contribution in [0.15, 0.2) is 23.3 Å². The topological polar surface area (TPSA) is 91.2 Å². The van der Waals surface area contributed by atoms with Gasteiger partial charge in [0.2, 0.25) is 5.91 Å². The number of nitrogens with one attached hydrogen (secondary N) is 1. The fraction of sp³-hybridized carbons (Fsp3) is 0.609. The van der Waals surface area contributed by atoms with Gasteiger partial charge in [0.15, 0.2) is 6.61 Å². The molecule has 0 saturated carbocycles. The fourth-order valence-corrected chi connectivity index (χ4v) is 3.15. The molecule has 0 atom stereocenters. The van der Waals surface area contributed by atoms with Crippen LogP contribution in [0, 0.1) is 0 Å². The molecular weight excluding hydrogens is 382 g/mol. The van der Waals surface area contributed by atoms with Crippen LogP contribution < -0.4 is 10.1 Å². The van der Waals surface area contributed by atoms with Crippen LogP contribution in [0.25, 0.3) is 0 Å². The Kier molecular flexibility index (Phi) is 7.64. The lowest BCUT2D eigenvalue weighted by Crippen LogP contribution is -2.34. The van der Waals surface area contributed by atoms with E-state index in [1.54, 1.807) is 0 Å². The number of amides is 2. The first-order valence-electron chi connectivity index (χ1n) is 10.6. The summed E-state index contributed by atoms with van der Waals surface area (Å²) in [5, 5.41) is 16.8. The third-order valence-corrected chi connectivity index (χ3v) is 6.06. The first-order valence-corrected chi connectivity index (χ1v) is 10.6. The zero-order valence-corrected chi connectivity index (χ0v) is 19.0. The van der Waals surface area contributed by atoms with Gasteiger partial charge in [-0.2, -0.15) is 5.10 Å². The van der Waals surface area contributed by atoms with E-state index in [0.29, 0.717) is 5.75 Å². The maximum absolute atomic E-state index is 12.4. The second-order valence-electron chi connectivity index (χ2n) is 8.99. The number of hydrogen-bond acceptors (Lipinski definition) is 5. The molecule has 1 heterocycles. The molecule has 1 aromatic carbocycles. The lowest BCUT2D eigenvalue weighted by Gasteiger charge is -2.30. The van der Waals surface area contributed by atoms with Gasteiger partial charge in [0.05, 0.1) is 19.6 Å². The minimum Gasteiger partial charge on any atom is -0.483 e. The molecule has 2 rings (SSSR count). The first kappa shape index (κ1) is 23.9. The molecule has 2 N–H and O–H groups in total. The number of hydrogen-bond donors (Lipinski definition) is 2. The largest absolute Gasteiger partial charge is 0.483 e. The van der Waals surface area contributed by atoms with Crippen LogP contribution in [-0.2, 0) is 20.4 Å². The molecule has 0 aromatic heterocycles. The standard InChI is InChI=1S/C23H35N3O4/c1-7-22(3,4)16-9-10-18(17(13-16)23(5,6)8-2)30-15-20(28)24-19-14-21(29)26(25-19)11-12-27/h9-10,13,27H,7-8,11-12,14-15H2,1-6H3,(H,24,25,28). The summed E-state index contributed by atoms with van der Waals surface area (Å²) < 4.78 is 5.89. The van der Waals surface area contributed by atoms with Crippen molar-refractivity contribution in [2.75, 3.05) is 19.8 Å². The van der Waals surface area contributed by atoms with E-state index in [1.807, 2.05) is 6.07 Å². The molecular formula is C23H35N3O4. The Morgan fingerprint density at radius 3 is 2.47 bits per heavy atom. The minimum absolute atomic E-state index is 0.0145. The van der Waals surface area contributed by atoms with Gasteiger partial charge in [-0.25, -0.2) is 5.01 Å². The minimum atomic E-state index is -0.370. The summed E-state index contributed by atoms with van der Waals surface area (Å²) in [5.41, 5.74) is 2.29. The van der Waals surface area contributed by atoms with Crippen LogP contribution >= 0.6 is 0 Å². The Labute approximate surface area is 179 Å². The van der Waals surface area contributed by atoms with Crippen molar-refractivity contribution in [2.24, 2.45) is 5.10 Å². The third kappa shape index (κ3) is 5.59. The Hall–Kier alpha value is -2.41. The number of aliphatic hydroxyl groups is 1. The maximum atomic E-state index is 12.4. The average molecular weight is 418 g/mol. The van der Waals surface area contributed by atoms with E-state index in [-0.39, 0.29) is 54.7 Å². The second-order valence-corrected chi connectivity index (χ2v) is 8.99. The summed E-state index contributed by atoms with van der Waals surface area (Å²) in [6.07, 6.45) is 1.97. The number of ether oxygens (including phenoxy) is 1. The van der Waals surface area contributed by atoms with Crippen molar-refractivity contribution in [2.45, 2.75) is 71.6 Å². The molecule has 7 heteroatoms. The van der Waals surface area contributed by atoms with Crippen LogP contribution in [0.2, 0.25) is 0 Å². The molecule has 1 aliphatic heterocycles. The Balaban J connectivity index is 2.13. The van der Waals surface area contributed by atoms with E-state index >= 15 is 0 Å². The van der Waals surface area contributed by atoms with Crippen molar-refractivity contribution in [3.8, 4) is 5.75 Å². The van der Waals surface area contributed by atoms with Gasteiger partial charge in [-0.05, 0) is 35.3 Å². The van der Waals surface area contributed by atoms with Crippen LogP contribution in [0.3, 0.4) is 0 Å². The molecule has 30 heavy (non-hydrogen) atoms. The number of aliphatic hydroxyl groups excluding tert-OH is 1. The highest BCUT2D eigenvalue weighted by Crippen LogP contribution is 2.38. The smallest absolute Gasteiger partial charge is 0.263 e. The maximum Gasteiger partial charge on any atom is 0.263 e. The zero-order chi connectivity index (χ0) is 22.5. The number of rotatable bonds is 9. The van der Waals surface area contributed by atoms with Crippen LogP contribution in [0.5, 0.6) is 5.75 Å². The number of carbonyl (C=O) groups excluding carboxylic acids is 2. The Morgan fingerprint density at radius 1 is 1.20 bits per heavy atom. The molecule has 0 saturated heterocycles. The Bertz CT molecular complexity index is 815. The van der Waals surface area contributed by atoms with Gasteiger partial charge in [0.1, 0.15) is 11.6 Å². The van der Waals surface area contributed by atoms with Gasteiger partial charge in [0, 0.05) is 5.56 Å². The third-order valence-electron chi connectivity index (χ3n) is 6.06. The quantitative estimate of drug-likeness (QED) is 0.646. The predicted octanol–water partition coefficient (Wildman–Crippen LogP) is 3.09. The molecule has 0 unspecified atom stereocenters. The summed E-state index contributed by atoms with van der Waals surface area (Å²) in [4.78, 5) is 24.1. The van der Waals surface area contributed by atoms with Gasteiger partial charge < -0.3 is 15.2 Å². The molecule has 0 aliphatic carbocycles. The summed E-state index contributed by atoms with van der Waals surface area (Å²) >= 11 is 0. The number of hydrazone groups is 1. The zero-order valence-electron chi connectivity index (χ0n) is 19.0. The van der Waals surface area contributed by atoms with Crippen molar-refractivity contribution in [3.05, 3.63) is 29.3 Å². The molecule has 0 spiro atoms. The van der Waals surface area contributed by atoms with Crippen LogP contribution in [-0.4, -0.2) is 47.5 Å². The molecule has 7 nitrogen and oxygen atoms in total. The van der Waals surface area contributed by atoms with E-state index in [4.69, 9.17) is 9.84 Å². The molecule has 0 radical (unpaired) electrons. The summed E-state index contributed by atoms with van der Waals surface area (Å²) in [6, 6.07) is 6.22. The van der Waals surface area contributed by atoms with Crippen LogP contribution in [0.1, 0.15) is 71.9 Å². The summed E-state index contributed by atoms with van der Waals surface area (Å²) in [5.74, 6) is 0.349. The number of β-amino-alcohol motifs (C(OH)–C–C–N with tert-alkyl or cyclic N) is 1. The van der Waals surface area contributed by atoms with Gasteiger partial charge in [-0.1, -0.05) is 53.7 Å². The highest BCUT2D eigenvalue weighted by molar-refractivity contribution is 6.09. The van der Waals surface area contributed by atoms with Crippen molar-refractivity contribution < 1.29 is 19.4 Å². The van der Waals surface area contributed by atoms with Crippen molar-refractivity contribution >= 4 is 17.6 Å². The first-order chi connectivity index (χ1) is 14.0. The second kappa shape index (κ2) is 9.60. The number of nitrogens with zero attached hydrogens (tertiary/aromatic N) is 2. The predicted molar refractivity (Wildman–Crippen MR) is 118 cm³/mol. The normalized spacial score (nSPS) is 14.7. The molecule has 0 bridgehead atoms. The summed E-state index contributed by atoms with van der Waals surface area (Å²) in [6.45, 7) is 12.9. The Morgan fingerprint density at radius 2 is 1.87 bits per heavy atom. The van der Waals surface area contributed by atoms with E-state index < -0.39 is 0 Å². The molecule has 2 amide bonds. The van der Waals surface area contributed by atoms with E-state index in [2.05, 4.69) is 64.1 Å². The molecule has 1 aliphatic rings. The van der Waals surface area contributed by atoms with Gasteiger partial charge in [-0.15, -0.1) is 0 Å². The van der Waals surface area contributed by atoms with Crippen molar-refractivity contribution in [3.63, 3.8) is 0 Å². The highest BCUT2D eigenvalue weighted by Gasteiger charge is 2.28. The highest BCUT2D eigenvalue weighted by atomic mass is 16.5. The van der Waals surface area contributed by atoms with Crippen LogP contribution in [0.4, 0.5) is 0 Å². The molecule has 166 valence electrons. The number of carbonyl (C=O) groups is 2. The van der Waals surface area contributed by atoms with Gasteiger partial charge in [-0.3, -0.25) is 9.59 Å². The lowest BCUT2D eigenvalue weighted by atomic mass is 9.76. The SMILES string of the molecule is CCC(C)(C)c1ccc(OCC(=O)NC2=NN(CCO)C(=O)C2)c(C(C)(C)CC)c1. The lowest BCUT2D eigenvalue weighted by molar-refractivity contribution is -0.129. The van der Waals surface area contributed by atoms with E-state index in [0.717, 1.165) is 23.4 Å². The summed E-state index contributed by atoms with van der Waals surface area (Å²) in [7, 11) is 0. The van der Waals surface area contributed by atoms with Gasteiger partial charge in [0.25, 0.3) is 5.91 Å². The van der Waals surface area contributed by atoms with Gasteiger partial charge >= 0.3 is 0 Å². The number of amidine groups is 1. The monoisotopic (exact) mass is 417 g/mol. The molecule has 1 aromatic rings. The van der Waals surface area contributed by atoms with E-state index in [9.17, 15) is 9.59 Å². The number of benzene rings is 1. The molecule has 0 fully saturated rings. The van der Waals surface area contributed by atoms with E-state index in [1.165, 1.54) is 5.56 Å². The average Bonchev–Trinajstić information content (AvgIpc) is 3.05.